The number of hydrogen-bond acceptors (Lipinski definition) is 1. The summed E-state index contributed by atoms with van der Waals surface area (Å²) in [6.45, 7) is 6.30. The number of benzene rings is 2. The van der Waals surface area contributed by atoms with Crippen molar-refractivity contribution in [1.82, 2.24) is 0 Å². The molecular formula is C18H21FN2S. The van der Waals surface area contributed by atoms with E-state index in [-0.39, 0.29) is 5.82 Å². The van der Waals surface area contributed by atoms with Gasteiger partial charge in [0.15, 0.2) is 5.11 Å². The van der Waals surface area contributed by atoms with E-state index in [9.17, 15) is 4.39 Å². The molecule has 22 heavy (non-hydrogen) atoms. The summed E-state index contributed by atoms with van der Waals surface area (Å²) in [5, 5.41) is 6.60. The summed E-state index contributed by atoms with van der Waals surface area (Å²) in [6, 6.07) is 12.8. The van der Waals surface area contributed by atoms with E-state index in [1.807, 2.05) is 19.1 Å². The van der Waals surface area contributed by atoms with Gasteiger partial charge in [-0.25, -0.2) is 4.39 Å². The van der Waals surface area contributed by atoms with Crippen LogP contribution in [-0.4, -0.2) is 5.11 Å². The molecule has 2 nitrogen and oxygen atoms in total. The van der Waals surface area contributed by atoms with Crippen LogP contribution in [0.25, 0.3) is 0 Å². The minimum atomic E-state index is -0.284. The van der Waals surface area contributed by atoms with E-state index in [0.717, 1.165) is 17.7 Å². The molecule has 0 aromatic heterocycles. The standard InChI is InChI=1S/C18H21FN2S/c1-4-12(2)14-6-9-16(10-7-14)20-18(22)21-17-11-15(19)8-5-13(17)3/h5-12H,4H2,1-3H3,(H2,20,21,22). The van der Waals surface area contributed by atoms with Gasteiger partial charge >= 0.3 is 0 Å². The molecule has 4 heteroatoms. The lowest BCUT2D eigenvalue weighted by Crippen LogP contribution is -2.19. The molecule has 116 valence electrons. The fourth-order valence-electron chi connectivity index (χ4n) is 2.14. The molecule has 2 rings (SSSR count). The lowest BCUT2D eigenvalue weighted by molar-refractivity contribution is 0.628. The Morgan fingerprint density at radius 3 is 2.45 bits per heavy atom. The molecule has 0 radical (unpaired) electrons. The largest absolute Gasteiger partial charge is 0.332 e. The van der Waals surface area contributed by atoms with Gasteiger partial charge in [0.05, 0.1) is 0 Å². The van der Waals surface area contributed by atoms with Gasteiger partial charge in [-0.3, -0.25) is 0 Å². The van der Waals surface area contributed by atoms with Crippen molar-refractivity contribution < 1.29 is 4.39 Å². The predicted molar refractivity (Wildman–Crippen MR) is 96.1 cm³/mol. The van der Waals surface area contributed by atoms with E-state index in [0.29, 0.717) is 16.7 Å². The number of anilines is 2. The first-order valence-electron chi connectivity index (χ1n) is 7.43. The third kappa shape index (κ3) is 4.28. The van der Waals surface area contributed by atoms with E-state index >= 15 is 0 Å². The Kier molecular flexibility index (Phi) is 5.50. The van der Waals surface area contributed by atoms with Crippen molar-refractivity contribution in [2.24, 2.45) is 0 Å². The molecule has 1 unspecified atom stereocenters. The summed E-state index contributed by atoms with van der Waals surface area (Å²) >= 11 is 5.28. The monoisotopic (exact) mass is 316 g/mol. The third-order valence-corrected chi connectivity index (χ3v) is 4.00. The summed E-state index contributed by atoms with van der Waals surface area (Å²) in [4.78, 5) is 0. The van der Waals surface area contributed by atoms with E-state index in [1.54, 1.807) is 6.07 Å². The first kappa shape index (κ1) is 16.4. The van der Waals surface area contributed by atoms with Crippen LogP contribution in [0.5, 0.6) is 0 Å². The van der Waals surface area contributed by atoms with Crippen LogP contribution in [-0.2, 0) is 0 Å². The number of nitrogens with one attached hydrogen (secondary N) is 2. The van der Waals surface area contributed by atoms with Crippen molar-refractivity contribution in [3.8, 4) is 0 Å². The van der Waals surface area contributed by atoms with Crippen LogP contribution in [0.15, 0.2) is 42.5 Å². The number of rotatable bonds is 4. The van der Waals surface area contributed by atoms with Crippen molar-refractivity contribution >= 4 is 28.7 Å². The minimum absolute atomic E-state index is 0.284. The molecule has 0 aliphatic heterocycles. The minimum Gasteiger partial charge on any atom is -0.332 e. The second-order valence-corrected chi connectivity index (χ2v) is 5.88. The Morgan fingerprint density at radius 1 is 1.14 bits per heavy atom. The SMILES string of the molecule is CCC(C)c1ccc(NC(=S)Nc2cc(F)ccc2C)cc1. The molecule has 2 aromatic carbocycles. The molecule has 0 saturated heterocycles. The fourth-order valence-corrected chi connectivity index (χ4v) is 2.37. The Bertz CT molecular complexity index is 653. The molecule has 2 aromatic rings. The number of thiocarbonyl (C=S) groups is 1. The quantitative estimate of drug-likeness (QED) is 0.733. The van der Waals surface area contributed by atoms with Crippen LogP contribution in [0.4, 0.5) is 15.8 Å². The molecule has 0 bridgehead atoms. The molecular weight excluding hydrogens is 295 g/mol. The zero-order valence-corrected chi connectivity index (χ0v) is 13.9. The summed E-state index contributed by atoms with van der Waals surface area (Å²) in [6.07, 6.45) is 1.12. The number of aryl methyl sites for hydroxylation is 1. The topological polar surface area (TPSA) is 24.1 Å². The van der Waals surface area contributed by atoms with Crippen LogP contribution < -0.4 is 10.6 Å². The molecule has 0 heterocycles. The van der Waals surface area contributed by atoms with Crippen molar-refractivity contribution in [2.45, 2.75) is 33.1 Å². The highest BCUT2D eigenvalue weighted by atomic mass is 32.1. The zero-order valence-electron chi connectivity index (χ0n) is 13.1. The maximum absolute atomic E-state index is 13.3. The first-order chi connectivity index (χ1) is 10.5. The molecule has 1 atom stereocenters. The Balaban J connectivity index is 2.01. The van der Waals surface area contributed by atoms with Gasteiger partial charge in [0.25, 0.3) is 0 Å². The average molecular weight is 316 g/mol. The normalized spacial score (nSPS) is 11.8. The second-order valence-electron chi connectivity index (χ2n) is 5.47. The van der Waals surface area contributed by atoms with E-state index < -0.39 is 0 Å². The lowest BCUT2D eigenvalue weighted by atomic mass is 9.99. The summed E-state index contributed by atoms with van der Waals surface area (Å²) in [7, 11) is 0. The second kappa shape index (κ2) is 7.36. The summed E-state index contributed by atoms with van der Waals surface area (Å²) < 4.78 is 13.3. The number of hydrogen-bond donors (Lipinski definition) is 2. The van der Waals surface area contributed by atoms with Gasteiger partial charge in [-0.2, -0.15) is 0 Å². The molecule has 0 aliphatic carbocycles. The third-order valence-electron chi connectivity index (χ3n) is 3.80. The Hall–Kier alpha value is -1.94. The fraction of sp³-hybridized carbons (Fsp3) is 0.278. The van der Waals surface area contributed by atoms with Gasteiger partial charge in [-0.1, -0.05) is 32.0 Å². The van der Waals surface area contributed by atoms with Crippen LogP contribution >= 0.6 is 12.2 Å². The van der Waals surface area contributed by atoms with Gasteiger partial charge in [0, 0.05) is 11.4 Å². The molecule has 0 aliphatic rings. The van der Waals surface area contributed by atoms with Crippen molar-refractivity contribution in [3.63, 3.8) is 0 Å². The average Bonchev–Trinajstić information content (AvgIpc) is 2.51. The summed E-state index contributed by atoms with van der Waals surface area (Å²) in [5.74, 6) is 0.267. The molecule has 0 saturated carbocycles. The van der Waals surface area contributed by atoms with E-state index in [1.165, 1.54) is 17.7 Å². The maximum Gasteiger partial charge on any atom is 0.175 e. The van der Waals surface area contributed by atoms with Crippen LogP contribution in [0.3, 0.4) is 0 Å². The highest BCUT2D eigenvalue weighted by Crippen LogP contribution is 2.21. The van der Waals surface area contributed by atoms with Crippen LogP contribution in [0.2, 0.25) is 0 Å². The van der Waals surface area contributed by atoms with Crippen molar-refractivity contribution in [2.75, 3.05) is 10.6 Å². The Morgan fingerprint density at radius 2 is 1.82 bits per heavy atom. The zero-order chi connectivity index (χ0) is 16.1. The maximum atomic E-state index is 13.3. The van der Waals surface area contributed by atoms with Gasteiger partial charge in [0.1, 0.15) is 5.82 Å². The predicted octanol–water partition coefficient (Wildman–Crippen LogP) is 5.46. The van der Waals surface area contributed by atoms with Gasteiger partial charge in [-0.15, -0.1) is 0 Å². The first-order valence-corrected chi connectivity index (χ1v) is 7.84. The molecule has 2 N–H and O–H groups in total. The highest BCUT2D eigenvalue weighted by Gasteiger charge is 2.05. The van der Waals surface area contributed by atoms with E-state index in [2.05, 4.69) is 36.6 Å². The molecule has 0 amide bonds. The van der Waals surface area contributed by atoms with Gasteiger partial charge < -0.3 is 10.6 Å². The Labute approximate surface area is 136 Å². The smallest absolute Gasteiger partial charge is 0.175 e. The molecule has 0 spiro atoms. The van der Waals surface area contributed by atoms with Gasteiger partial charge in [-0.05, 0) is 66.9 Å². The summed E-state index contributed by atoms with van der Waals surface area (Å²) in [5.41, 5.74) is 3.85. The van der Waals surface area contributed by atoms with Crippen LogP contribution in [0, 0.1) is 12.7 Å². The van der Waals surface area contributed by atoms with Gasteiger partial charge in [0.2, 0.25) is 0 Å². The van der Waals surface area contributed by atoms with E-state index in [4.69, 9.17) is 12.2 Å². The molecule has 0 fully saturated rings. The highest BCUT2D eigenvalue weighted by molar-refractivity contribution is 7.80. The van der Waals surface area contributed by atoms with Crippen molar-refractivity contribution in [3.05, 3.63) is 59.4 Å². The van der Waals surface area contributed by atoms with Crippen molar-refractivity contribution in [1.29, 1.82) is 0 Å². The lowest BCUT2D eigenvalue weighted by Gasteiger charge is -2.14. The number of halogens is 1. The van der Waals surface area contributed by atoms with Crippen LogP contribution in [0.1, 0.15) is 37.3 Å².